The minimum atomic E-state index is -0.243. The summed E-state index contributed by atoms with van der Waals surface area (Å²) in [5.74, 6) is 0. The van der Waals surface area contributed by atoms with Crippen molar-refractivity contribution in [3.8, 4) is 0 Å². The van der Waals surface area contributed by atoms with Gasteiger partial charge in [-0.15, -0.1) is 11.3 Å². The fourth-order valence-electron chi connectivity index (χ4n) is 0.839. The average molecular weight is 152 g/mol. The maximum Gasteiger partial charge on any atom is 0.353 e. The van der Waals surface area contributed by atoms with Crippen LogP contribution in [0.5, 0.6) is 0 Å². The van der Waals surface area contributed by atoms with Crippen molar-refractivity contribution in [2.45, 2.75) is 0 Å². The molecule has 0 atom stereocenters. The molecule has 50 valence electrons. The highest BCUT2D eigenvalue weighted by Gasteiger charge is 1.97. The van der Waals surface area contributed by atoms with Crippen LogP contribution in [-0.4, -0.2) is 0 Å². The number of hydrogen-bond donors (Lipinski definition) is 0. The lowest BCUT2D eigenvalue weighted by Gasteiger charge is -1.81. The van der Waals surface area contributed by atoms with Crippen molar-refractivity contribution in [2.75, 3.05) is 0 Å². The van der Waals surface area contributed by atoms with Gasteiger partial charge in [-0.05, 0) is 17.5 Å². The molecule has 0 unspecified atom stereocenters. The topological polar surface area (TPSA) is 30.2 Å². The highest BCUT2D eigenvalue weighted by molar-refractivity contribution is 7.17. The van der Waals surface area contributed by atoms with Gasteiger partial charge in [0.25, 0.3) is 0 Å². The van der Waals surface area contributed by atoms with Crippen LogP contribution in [0.1, 0.15) is 0 Å². The lowest BCUT2D eigenvalue weighted by Crippen LogP contribution is -1.93. The quantitative estimate of drug-likeness (QED) is 0.576. The molecular weight excluding hydrogens is 148 g/mol. The Hall–Kier alpha value is -1.09. The van der Waals surface area contributed by atoms with Crippen molar-refractivity contribution in [1.29, 1.82) is 0 Å². The number of rotatable bonds is 0. The predicted octanol–water partition coefficient (Wildman–Crippen LogP) is 1.85. The van der Waals surface area contributed by atoms with Crippen LogP contribution in [0.25, 0.3) is 10.1 Å². The van der Waals surface area contributed by atoms with Crippen molar-refractivity contribution >= 4 is 21.4 Å². The van der Waals surface area contributed by atoms with Crippen LogP contribution in [0.2, 0.25) is 0 Å². The van der Waals surface area contributed by atoms with E-state index in [2.05, 4.69) is 4.42 Å². The van der Waals surface area contributed by atoms with Crippen molar-refractivity contribution in [2.24, 2.45) is 0 Å². The minimum Gasteiger partial charge on any atom is -0.430 e. The maximum atomic E-state index is 10.9. The molecule has 2 heterocycles. The minimum absolute atomic E-state index is 0.243. The summed E-state index contributed by atoms with van der Waals surface area (Å²) in [5.41, 5.74) is -0.243. The Labute approximate surface area is 60.7 Å². The van der Waals surface area contributed by atoms with Gasteiger partial charge in [-0.2, -0.15) is 0 Å². The molecule has 2 rings (SSSR count). The summed E-state index contributed by atoms with van der Waals surface area (Å²) < 4.78 is 5.35. The van der Waals surface area contributed by atoms with Crippen molar-refractivity contribution in [1.82, 2.24) is 0 Å². The molecule has 2 aromatic heterocycles. The highest BCUT2D eigenvalue weighted by atomic mass is 32.1. The second kappa shape index (κ2) is 1.95. The molecule has 0 aliphatic rings. The zero-order valence-electron chi connectivity index (χ0n) is 5.03. The van der Waals surface area contributed by atoms with E-state index < -0.39 is 0 Å². The smallest absolute Gasteiger partial charge is 0.353 e. The molecule has 2 nitrogen and oxygen atoms in total. The highest BCUT2D eigenvalue weighted by Crippen LogP contribution is 2.14. The van der Waals surface area contributed by atoms with Gasteiger partial charge in [0.2, 0.25) is 0 Å². The monoisotopic (exact) mass is 152 g/mol. The van der Waals surface area contributed by atoms with E-state index in [1.807, 2.05) is 11.4 Å². The lowest BCUT2D eigenvalue weighted by molar-refractivity contribution is 0.520. The summed E-state index contributed by atoms with van der Waals surface area (Å²) in [6.45, 7) is 0. The largest absolute Gasteiger partial charge is 0.430 e. The standard InChI is InChI=1S/C7H4O2S/c8-7-6-5(1-3-9-7)2-4-10-6/h1-4H. The Morgan fingerprint density at radius 3 is 3.10 bits per heavy atom. The maximum absolute atomic E-state index is 10.9. The van der Waals surface area contributed by atoms with Crippen molar-refractivity contribution in [3.63, 3.8) is 0 Å². The van der Waals surface area contributed by atoms with Gasteiger partial charge < -0.3 is 4.42 Å². The number of fused-ring (bicyclic) bond motifs is 1. The summed E-state index contributed by atoms with van der Waals surface area (Å²) in [7, 11) is 0. The van der Waals surface area contributed by atoms with Crippen LogP contribution < -0.4 is 5.63 Å². The summed E-state index contributed by atoms with van der Waals surface area (Å²) in [6.07, 6.45) is 1.41. The Bertz CT molecular complexity index is 399. The van der Waals surface area contributed by atoms with E-state index in [4.69, 9.17) is 0 Å². The van der Waals surface area contributed by atoms with E-state index in [0.717, 1.165) is 5.39 Å². The van der Waals surface area contributed by atoms with E-state index in [-0.39, 0.29) is 5.63 Å². The molecule has 0 fully saturated rings. The van der Waals surface area contributed by atoms with E-state index in [0.29, 0.717) is 4.70 Å². The van der Waals surface area contributed by atoms with E-state index in [1.165, 1.54) is 17.6 Å². The fourth-order valence-corrected chi connectivity index (χ4v) is 1.61. The van der Waals surface area contributed by atoms with Gasteiger partial charge in [0.15, 0.2) is 0 Å². The molecule has 0 aromatic carbocycles. The normalized spacial score (nSPS) is 10.4. The number of hydrogen-bond acceptors (Lipinski definition) is 3. The first-order chi connectivity index (χ1) is 4.88. The molecule has 0 bridgehead atoms. The first-order valence-corrected chi connectivity index (χ1v) is 3.71. The van der Waals surface area contributed by atoms with Crippen LogP contribution in [0.3, 0.4) is 0 Å². The van der Waals surface area contributed by atoms with Crippen LogP contribution >= 0.6 is 11.3 Å². The second-order valence-electron chi connectivity index (χ2n) is 1.91. The Morgan fingerprint density at radius 2 is 2.30 bits per heavy atom. The Balaban J connectivity index is 3.09. The SMILES string of the molecule is O=c1occc2ccsc12. The molecule has 0 aliphatic carbocycles. The van der Waals surface area contributed by atoms with E-state index in [9.17, 15) is 4.79 Å². The molecule has 0 radical (unpaired) electrons. The van der Waals surface area contributed by atoms with Gasteiger partial charge in [0.1, 0.15) is 4.70 Å². The summed E-state index contributed by atoms with van der Waals surface area (Å²) >= 11 is 1.41. The molecule has 3 heteroatoms. The van der Waals surface area contributed by atoms with Gasteiger partial charge in [-0.25, -0.2) is 4.79 Å². The van der Waals surface area contributed by atoms with Crippen molar-refractivity contribution < 1.29 is 4.42 Å². The zero-order valence-corrected chi connectivity index (χ0v) is 5.85. The third-order valence-corrected chi connectivity index (χ3v) is 2.21. The molecule has 0 saturated carbocycles. The summed E-state index contributed by atoms with van der Waals surface area (Å²) in [6, 6.07) is 3.68. The van der Waals surface area contributed by atoms with Gasteiger partial charge >= 0.3 is 5.63 Å². The van der Waals surface area contributed by atoms with E-state index >= 15 is 0 Å². The average Bonchev–Trinajstić information content (AvgIpc) is 2.36. The number of thiophene rings is 1. The van der Waals surface area contributed by atoms with Gasteiger partial charge in [0, 0.05) is 5.39 Å². The fraction of sp³-hybridized carbons (Fsp3) is 0. The molecule has 2 aromatic rings. The zero-order chi connectivity index (χ0) is 6.97. The lowest BCUT2D eigenvalue weighted by atomic mass is 10.3. The van der Waals surface area contributed by atoms with Gasteiger partial charge in [0.05, 0.1) is 6.26 Å². The molecule has 0 N–H and O–H groups in total. The van der Waals surface area contributed by atoms with Crippen LogP contribution in [-0.2, 0) is 0 Å². The molecule has 0 amide bonds. The third-order valence-electron chi connectivity index (χ3n) is 1.30. The Kier molecular flexibility index (Phi) is 1.11. The molecule has 10 heavy (non-hydrogen) atoms. The molecule has 0 spiro atoms. The summed E-state index contributed by atoms with van der Waals surface area (Å²) in [4.78, 5) is 10.9. The van der Waals surface area contributed by atoms with Gasteiger partial charge in [-0.3, -0.25) is 0 Å². The molecule has 0 saturated heterocycles. The van der Waals surface area contributed by atoms with Crippen LogP contribution in [0.4, 0.5) is 0 Å². The first kappa shape index (κ1) is 5.68. The molecular formula is C7H4O2S. The Morgan fingerprint density at radius 1 is 1.40 bits per heavy atom. The summed E-state index contributed by atoms with van der Waals surface area (Å²) in [5, 5.41) is 2.84. The third kappa shape index (κ3) is 0.675. The van der Waals surface area contributed by atoms with Gasteiger partial charge in [-0.1, -0.05) is 0 Å². The van der Waals surface area contributed by atoms with Crippen LogP contribution in [0.15, 0.2) is 33.0 Å². The van der Waals surface area contributed by atoms with Crippen LogP contribution in [0, 0.1) is 0 Å². The second-order valence-corrected chi connectivity index (χ2v) is 2.83. The van der Waals surface area contributed by atoms with Crippen molar-refractivity contribution in [3.05, 3.63) is 34.2 Å². The van der Waals surface area contributed by atoms with E-state index in [1.54, 1.807) is 6.07 Å². The predicted molar refractivity (Wildman–Crippen MR) is 40.4 cm³/mol. The first-order valence-electron chi connectivity index (χ1n) is 2.83. The molecule has 0 aliphatic heterocycles.